The Balaban J connectivity index is 0.000000200. The summed E-state index contributed by atoms with van der Waals surface area (Å²) in [6.45, 7) is 2.58. The molecule has 0 radical (unpaired) electrons. The molecule has 0 fully saturated rings. The zero-order valence-corrected chi connectivity index (χ0v) is 44.2. The Morgan fingerprint density at radius 2 is 0.950 bits per heavy atom. The average Bonchev–Trinajstić information content (AvgIpc) is 4.22. The Bertz CT molecular complexity index is 3930. The van der Waals surface area contributed by atoms with Gasteiger partial charge in [-0.15, -0.1) is 0 Å². The molecule has 4 aromatic heterocycles. The van der Waals surface area contributed by atoms with Crippen molar-refractivity contribution < 1.29 is 50.5 Å². The highest BCUT2D eigenvalue weighted by atomic mass is 35.5. The van der Waals surface area contributed by atoms with Crippen molar-refractivity contribution in [2.75, 3.05) is 27.4 Å². The van der Waals surface area contributed by atoms with Gasteiger partial charge in [0.25, 0.3) is 22.9 Å². The number of aryl methyl sites for hydroxylation is 2. The first-order chi connectivity index (χ1) is 38.3. The van der Waals surface area contributed by atoms with E-state index in [1.165, 1.54) is 50.9 Å². The predicted molar refractivity (Wildman–Crippen MR) is 285 cm³/mol. The molecule has 5 heterocycles. The van der Waals surface area contributed by atoms with E-state index < -0.39 is 83.1 Å². The number of ether oxygens (including phenoxy) is 2. The van der Waals surface area contributed by atoms with Crippen LogP contribution in [0, 0.1) is 48.8 Å². The number of rotatable bonds is 15. The minimum atomic E-state index is -1.69. The molecule has 2 atom stereocenters. The highest BCUT2D eigenvalue weighted by Crippen LogP contribution is 2.32. The summed E-state index contributed by atoms with van der Waals surface area (Å²) in [4.78, 5) is 63.0. The molecular formula is C58H45Cl2F6N7O7. The lowest BCUT2D eigenvalue weighted by molar-refractivity contribution is 0.0638. The lowest BCUT2D eigenvalue weighted by Crippen LogP contribution is -2.39. The van der Waals surface area contributed by atoms with Crippen molar-refractivity contribution in [3.8, 4) is 22.9 Å². The molecule has 2 unspecified atom stereocenters. The largest absolute Gasteiger partial charge is 0.495 e. The van der Waals surface area contributed by atoms with Gasteiger partial charge in [-0.2, -0.15) is 0 Å². The van der Waals surface area contributed by atoms with Crippen LogP contribution in [0.4, 0.5) is 26.3 Å². The molecule has 5 aromatic carbocycles. The standard InChI is InChI=1S/C33H24ClF3N4O4.C25H21ClF3N3O3/c1-18-14-39(17-38-18)27-8-7-19(10-29(27)45-2)9-21-11-22(34)15-40(31(21)42)28(20-12-25(35)30(37)26(36)13-20)16-41-32(43)23-5-3-4-6-24(23)33(41)44;1-14-10-31(13-30-14)21-4-3-15(6-23(21)35-2)5-17-7-18(26)11-32(25(17)34)22(12-33)16-8-19(27)24(29)20(28)9-16/h3-8,10-15,17,28H,9,16H2,1-2H3;3-4,6-11,13,22,33H,5,12H2,1-2H3. The molecule has 1 aliphatic heterocycles. The van der Waals surface area contributed by atoms with E-state index in [4.69, 9.17) is 32.7 Å². The van der Waals surface area contributed by atoms with Gasteiger partial charge in [-0.3, -0.25) is 24.1 Å². The maximum absolute atomic E-state index is 14.5. The van der Waals surface area contributed by atoms with E-state index in [2.05, 4.69) is 9.97 Å². The number of nitrogens with zero attached hydrogens (tertiary/aromatic N) is 7. The summed E-state index contributed by atoms with van der Waals surface area (Å²) >= 11 is 12.7. The van der Waals surface area contributed by atoms with Crippen LogP contribution in [0.3, 0.4) is 0 Å². The zero-order chi connectivity index (χ0) is 57.3. The van der Waals surface area contributed by atoms with Crippen molar-refractivity contribution in [3.05, 3.63) is 256 Å². The second kappa shape index (κ2) is 23.3. The quantitative estimate of drug-likeness (QED) is 0.0600. The summed E-state index contributed by atoms with van der Waals surface area (Å²) in [6, 6.07) is 20.4. The topological polar surface area (TPSA) is 156 Å². The van der Waals surface area contributed by atoms with E-state index in [1.54, 1.807) is 47.6 Å². The molecule has 0 bridgehead atoms. The summed E-state index contributed by atoms with van der Waals surface area (Å²) in [5, 5.41) is 10.2. The molecule has 0 saturated heterocycles. The van der Waals surface area contributed by atoms with Crippen LogP contribution < -0.4 is 20.6 Å². The number of methoxy groups -OCH3 is 2. The van der Waals surface area contributed by atoms with Crippen LogP contribution >= 0.6 is 23.2 Å². The fourth-order valence-corrected chi connectivity index (χ4v) is 9.89. The molecule has 22 heteroatoms. The molecule has 0 saturated carbocycles. The number of pyridine rings is 2. The predicted octanol–water partition coefficient (Wildman–Crippen LogP) is 10.5. The molecule has 2 amide bonds. The zero-order valence-electron chi connectivity index (χ0n) is 42.7. The summed E-state index contributed by atoms with van der Waals surface area (Å²) in [7, 11) is 3.05. The summed E-state index contributed by atoms with van der Waals surface area (Å²) < 4.78 is 101. The number of amides is 2. The molecule has 1 aliphatic rings. The molecule has 10 rings (SSSR count). The maximum atomic E-state index is 14.5. The number of aliphatic hydroxyl groups excluding tert-OH is 1. The molecule has 80 heavy (non-hydrogen) atoms. The van der Waals surface area contributed by atoms with Crippen LogP contribution in [0.1, 0.15) is 77.6 Å². The molecule has 9 aromatic rings. The summed E-state index contributed by atoms with van der Waals surface area (Å²) in [6.07, 6.45) is 9.77. The fourth-order valence-electron chi connectivity index (χ4n) is 9.42. The number of imide groups is 1. The molecular weight excluding hydrogens is 1090 g/mol. The van der Waals surface area contributed by atoms with Crippen LogP contribution in [-0.2, 0) is 12.8 Å². The minimum Gasteiger partial charge on any atom is -0.495 e. The number of aliphatic hydroxyl groups is 1. The third kappa shape index (κ3) is 11.4. The molecule has 1 N–H and O–H groups in total. The van der Waals surface area contributed by atoms with Gasteiger partial charge in [-0.05, 0) is 109 Å². The van der Waals surface area contributed by atoms with Crippen LogP contribution in [0.5, 0.6) is 11.5 Å². The van der Waals surface area contributed by atoms with Crippen LogP contribution in [-0.4, -0.2) is 77.4 Å². The SMILES string of the molecule is COc1cc(Cc2cc(Cl)cn(C(CN3C(=O)c4ccccc4C3=O)c3cc(F)c(F)c(F)c3)c2=O)ccc1-n1cnc(C)c1.COc1cc(Cc2cc(Cl)cn(C(CO)c3cc(F)c(F)c(F)c3)c2=O)ccc1-n1cnc(C)c1. The van der Waals surface area contributed by atoms with Crippen LogP contribution in [0.25, 0.3) is 11.4 Å². The van der Waals surface area contributed by atoms with Crippen molar-refractivity contribution >= 4 is 35.0 Å². The monoisotopic (exact) mass is 1140 g/mol. The van der Waals surface area contributed by atoms with E-state index >= 15 is 0 Å². The van der Waals surface area contributed by atoms with Gasteiger partial charge in [-0.25, -0.2) is 36.3 Å². The molecule has 410 valence electrons. The van der Waals surface area contributed by atoms with E-state index in [0.29, 0.717) is 17.1 Å². The molecule has 0 spiro atoms. The van der Waals surface area contributed by atoms with Gasteiger partial charge < -0.3 is 32.8 Å². The van der Waals surface area contributed by atoms with Gasteiger partial charge in [-0.1, -0.05) is 47.5 Å². The van der Waals surface area contributed by atoms with E-state index in [0.717, 1.165) is 66.6 Å². The van der Waals surface area contributed by atoms with Crippen molar-refractivity contribution in [2.45, 2.75) is 38.8 Å². The van der Waals surface area contributed by atoms with Gasteiger partial charge in [0.2, 0.25) is 0 Å². The highest BCUT2D eigenvalue weighted by Gasteiger charge is 2.38. The van der Waals surface area contributed by atoms with Crippen LogP contribution in [0.2, 0.25) is 10.0 Å². The second-order valence-corrected chi connectivity index (χ2v) is 19.5. The Morgan fingerprint density at radius 3 is 1.32 bits per heavy atom. The van der Waals surface area contributed by atoms with E-state index in [9.17, 15) is 50.6 Å². The van der Waals surface area contributed by atoms with Gasteiger partial charge in [0.15, 0.2) is 34.9 Å². The number of benzene rings is 5. The first-order valence-corrected chi connectivity index (χ1v) is 25.0. The number of carbonyl (C=O) groups excluding carboxylic acids is 2. The lowest BCUT2D eigenvalue weighted by atomic mass is 10.0. The van der Waals surface area contributed by atoms with E-state index in [-0.39, 0.29) is 56.3 Å². The van der Waals surface area contributed by atoms with Crippen LogP contribution in [0.15, 0.2) is 144 Å². The van der Waals surface area contributed by atoms with Crippen molar-refractivity contribution in [1.82, 2.24) is 33.1 Å². The Hall–Kier alpha value is -8.72. The van der Waals surface area contributed by atoms with Gasteiger partial charge in [0, 0.05) is 48.8 Å². The third-order valence-electron chi connectivity index (χ3n) is 13.3. The van der Waals surface area contributed by atoms with Crippen molar-refractivity contribution in [1.29, 1.82) is 0 Å². The number of imidazole rings is 2. The Morgan fingerprint density at radius 1 is 0.550 bits per heavy atom. The number of hydrogen-bond donors (Lipinski definition) is 1. The normalized spacial score (nSPS) is 12.8. The molecule has 14 nitrogen and oxygen atoms in total. The first-order valence-electron chi connectivity index (χ1n) is 24.3. The van der Waals surface area contributed by atoms with Crippen molar-refractivity contribution in [2.24, 2.45) is 0 Å². The second-order valence-electron chi connectivity index (χ2n) is 18.6. The lowest BCUT2D eigenvalue weighted by Gasteiger charge is -2.26. The minimum absolute atomic E-state index is 0.0882. The maximum Gasteiger partial charge on any atom is 0.261 e. The smallest absolute Gasteiger partial charge is 0.261 e. The van der Waals surface area contributed by atoms with Gasteiger partial charge in [0.1, 0.15) is 11.5 Å². The fraction of sp³-hybridized carbons (Fsp3) is 0.172. The Labute approximate surface area is 461 Å². The number of halogens is 8. The van der Waals surface area contributed by atoms with Crippen molar-refractivity contribution in [3.63, 3.8) is 0 Å². The number of carbonyl (C=O) groups is 2. The number of aromatic nitrogens is 6. The Kier molecular flexibility index (Phi) is 16.3. The van der Waals surface area contributed by atoms with E-state index in [1.807, 2.05) is 49.0 Å². The first kappa shape index (κ1) is 56.0. The summed E-state index contributed by atoms with van der Waals surface area (Å²) in [5.74, 6) is -9.35. The average molecular weight is 1140 g/mol. The number of hydrogen-bond acceptors (Lipinski definition) is 9. The molecule has 0 aliphatic carbocycles. The summed E-state index contributed by atoms with van der Waals surface area (Å²) in [5.41, 5.74) is 3.98. The van der Waals surface area contributed by atoms with Gasteiger partial charge in [0.05, 0.1) is 96.0 Å². The van der Waals surface area contributed by atoms with Gasteiger partial charge >= 0.3 is 0 Å². The number of fused-ring (bicyclic) bond motifs is 1. The third-order valence-corrected chi connectivity index (χ3v) is 13.7. The highest BCUT2D eigenvalue weighted by molar-refractivity contribution is 6.30.